The maximum atomic E-state index is 5.26. The van der Waals surface area contributed by atoms with E-state index in [4.69, 9.17) is 9.72 Å². The van der Waals surface area contributed by atoms with Crippen LogP contribution in [0.1, 0.15) is 26.2 Å². The van der Waals surface area contributed by atoms with Crippen LogP contribution in [0.15, 0.2) is 59.6 Å². The molecule has 1 heterocycles. The zero-order chi connectivity index (χ0) is 17.5. The highest BCUT2D eigenvalue weighted by molar-refractivity contribution is 8.93. The number of methoxy groups -OCH3 is 1. The molecule has 0 aliphatic carbocycles. The summed E-state index contributed by atoms with van der Waals surface area (Å²) in [5.74, 6) is 1.75. The molecule has 0 amide bonds. The van der Waals surface area contributed by atoms with Crippen LogP contribution < -0.4 is 9.54 Å². The molecule has 0 unspecified atom stereocenters. The Morgan fingerprint density at radius 2 is 1.77 bits per heavy atom. The summed E-state index contributed by atoms with van der Waals surface area (Å²) in [7, 11) is 1.68. The fourth-order valence-corrected chi connectivity index (χ4v) is 3.44. The predicted octanol–water partition coefficient (Wildman–Crippen LogP) is 5.28. The molecule has 0 N–H and O–H groups in total. The van der Waals surface area contributed by atoms with Gasteiger partial charge in [-0.1, -0.05) is 38.0 Å². The molecule has 6 heteroatoms. The molecule has 0 saturated heterocycles. The third kappa shape index (κ3) is 5.05. The molecule has 3 aromatic rings. The van der Waals surface area contributed by atoms with Gasteiger partial charge >= 0.3 is 0 Å². The second kappa shape index (κ2) is 10.3. The second-order valence-electron chi connectivity index (χ2n) is 5.76. The van der Waals surface area contributed by atoms with Crippen molar-refractivity contribution in [1.29, 1.82) is 0 Å². The van der Waals surface area contributed by atoms with Gasteiger partial charge in [0.2, 0.25) is 4.80 Å². The van der Waals surface area contributed by atoms with Crippen LogP contribution in [0.25, 0.3) is 17.1 Å². The van der Waals surface area contributed by atoms with Crippen molar-refractivity contribution in [1.82, 2.24) is 8.94 Å². The lowest BCUT2D eigenvalue weighted by Crippen LogP contribution is -2.00. The van der Waals surface area contributed by atoms with Gasteiger partial charge < -0.3 is 4.74 Å². The Bertz CT molecular complexity index is 857. The molecule has 3 rings (SSSR count). The normalized spacial score (nSPS) is 11.2. The lowest BCUT2D eigenvalue weighted by atomic mass is 10.2. The number of nitrogens with zero attached hydrogens (tertiary/aromatic N) is 3. The molecular weight excluding hydrogens is 410 g/mol. The summed E-state index contributed by atoms with van der Waals surface area (Å²) in [5.41, 5.74) is 2.15. The van der Waals surface area contributed by atoms with E-state index in [1.54, 1.807) is 18.6 Å². The van der Waals surface area contributed by atoms with E-state index >= 15 is 0 Å². The van der Waals surface area contributed by atoms with Crippen LogP contribution in [0.5, 0.6) is 5.75 Å². The minimum atomic E-state index is 0. The Balaban J connectivity index is 0.00000243. The molecule has 0 radical (unpaired) electrons. The summed E-state index contributed by atoms with van der Waals surface area (Å²) in [4.78, 5) is 10.3. The number of aromatic nitrogens is 2. The van der Waals surface area contributed by atoms with Crippen LogP contribution in [-0.2, 0) is 0 Å². The van der Waals surface area contributed by atoms with Gasteiger partial charge in [-0.25, -0.2) is 3.96 Å². The molecule has 26 heavy (non-hydrogen) atoms. The first-order chi connectivity index (χ1) is 12.3. The predicted molar refractivity (Wildman–Crippen MR) is 114 cm³/mol. The van der Waals surface area contributed by atoms with E-state index in [0.29, 0.717) is 0 Å². The van der Waals surface area contributed by atoms with Crippen molar-refractivity contribution in [3.8, 4) is 22.8 Å². The van der Waals surface area contributed by atoms with Gasteiger partial charge in [0.15, 0.2) is 5.82 Å². The Hall–Kier alpha value is -1.92. The van der Waals surface area contributed by atoms with Gasteiger partial charge in [0.25, 0.3) is 0 Å². The largest absolute Gasteiger partial charge is 0.497 e. The zero-order valence-corrected chi connectivity index (χ0v) is 17.6. The van der Waals surface area contributed by atoms with E-state index in [0.717, 1.165) is 40.6 Å². The molecule has 0 spiro atoms. The standard InChI is InChI=1S/C20H23N3OS.BrH/c1-3-4-8-15-21-20-22-19(16-11-13-18(24-2)14-12-16)23(25-20)17-9-6-5-7-10-17;/h5-7,9-14H,3-4,8,15H2,1-2H3;1H/b21-20+;. The Kier molecular flexibility index (Phi) is 8.06. The van der Waals surface area contributed by atoms with Gasteiger partial charge in [-0.3, -0.25) is 4.99 Å². The van der Waals surface area contributed by atoms with Crippen molar-refractivity contribution in [2.75, 3.05) is 13.7 Å². The van der Waals surface area contributed by atoms with Gasteiger partial charge in [-0.2, -0.15) is 4.98 Å². The molecule has 1 aromatic heterocycles. The minimum absolute atomic E-state index is 0. The highest BCUT2D eigenvalue weighted by atomic mass is 79.9. The molecule has 0 bridgehead atoms. The van der Waals surface area contributed by atoms with Gasteiger partial charge in [0.1, 0.15) is 5.75 Å². The Morgan fingerprint density at radius 3 is 2.42 bits per heavy atom. The summed E-state index contributed by atoms with van der Waals surface area (Å²) < 4.78 is 7.40. The first-order valence-corrected chi connectivity index (χ1v) is 9.40. The summed E-state index contributed by atoms with van der Waals surface area (Å²) >= 11 is 1.58. The number of unbranched alkanes of at least 4 members (excludes halogenated alkanes) is 2. The topological polar surface area (TPSA) is 39.4 Å². The quantitative estimate of drug-likeness (QED) is 0.475. The molecule has 0 saturated carbocycles. The van der Waals surface area contributed by atoms with Gasteiger partial charge in [0, 0.05) is 12.1 Å². The summed E-state index contributed by atoms with van der Waals surface area (Å²) in [5, 5.41) is 0. The van der Waals surface area contributed by atoms with E-state index in [1.165, 1.54) is 12.8 Å². The number of benzene rings is 2. The number of para-hydroxylation sites is 1. The Morgan fingerprint density at radius 1 is 1.04 bits per heavy atom. The maximum Gasteiger partial charge on any atom is 0.223 e. The molecular formula is C20H24BrN3OS. The Labute approximate surface area is 169 Å². The number of halogens is 1. The number of rotatable bonds is 7. The lowest BCUT2D eigenvalue weighted by Gasteiger charge is -2.06. The summed E-state index contributed by atoms with van der Waals surface area (Å²) in [6, 6.07) is 18.3. The highest BCUT2D eigenvalue weighted by Gasteiger charge is 2.11. The van der Waals surface area contributed by atoms with Crippen LogP contribution in [0.2, 0.25) is 0 Å². The minimum Gasteiger partial charge on any atom is -0.497 e. The first-order valence-electron chi connectivity index (χ1n) is 8.62. The molecule has 0 aliphatic rings. The zero-order valence-electron chi connectivity index (χ0n) is 15.1. The maximum absolute atomic E-state index is 5.26. The van der Waals surface area contributed by atoms with Crippen LogP contribution in [-0.4, -0.2) is 22.6 Å². The van der Waals surface area contributed by atoms with Crippen molar-refractivity contribution < 1.29 is 4.74 Å². The van der Waals surface area contributed by atoms with Crippen LogP contribution in [0.4, 0.5) is 0 Å². The fourth-order valence-electron chi connectivity index (χ4n) is 2.54. The van der Waals surface area contributed by atoms with Gasteiger partial charge in [0.05, 0.1) is 12.8 Å². The molecule has 4 nitrogen and oxygen atoms in total. The SMILES string of the molecule is Br.CCCCC/N=c1\nc(-c2ccc(OC)cc2)n(-c2ccccc2)s1. The van der Waals surface area contributed by atoms with E-state index in [1.807, 2.05) is 42.5 Å². The summed E-state index contributed by atoms with van der Waals surface area (Å²) in [6.45, 7) is 3.03. The molecule has 0 fully saturated rings. The molecule has 138 valence electrons. The van der Waals surface area contributed by atoms with Crippen LogP contribution in [0, 0.1) is 0 Å². The number of hydrogen-bond donors (Lipinski definition) is 0. The van der Waals surface area contributed by atoms with E-state index < -0.39 is 0 Å². The molecule has 0 aliphatic heterocycles. The van der Waals surface area contributed by atoms with Crippen molar-refractivity contribution >= 4 is 28.5 Å². The monoisotopic (exact) mass is 433 g/mol. The van der Waals surface area contributed by atoms with Crippen LogP contribution in [0.3, 0.4) is 0 Å². The van der Waals surface area contributed by atoms with Crippen molar-refractivity contribution in [2.45, 2.75) is 26.2 Å². The lowest BCUT2D eigenvalue weighted by molar-refractivity contribution is 0.415. The highest BCUT2D eigenvalue weighted by Crippen LogP contribution is 2.24. The smallest absolute Gasteiger partial charge is 0.223 e. The van der Waals surface area contributed by atoms with Crippen molar-refractivity contribution in [3.63, 3.8) is 0 Å². The molecule has 2 aromatic carbocycles. The molecule has 0 atom stereocenters. The number of hydrogen-bond acceptors (Lipinski definition) is 4. The van der Waals surface area contributed by atoms with Gasteiger partial charge in [-0.05, 0) is 54.4 Å². The van der Waals surface area contributed by atoms with Gasteiger partial charge in [-0.15, -0.1) is 17.0 Å². The van der Waals surface area contributed by atoms with Crippen molar-refractivity contribution in [2.24, 2.45) is 4.99 Å². The summed E-state index contributed by atoms with van der Waals surface area (Å²) in [6.07, 6.45) is 3.52. The average molecular weight is 434 g/mol. The van der Waals surface area contributed by atoms with Crippen molar-refractivity contribution in [3.05, 3.63) is 59.4 Å². The second-order valence-corrected chi connectivity index (χ2v) is 6.67. The first kappa shape index (κ1) is 20.4. The third-order valence-electron chi connectivity index (χ3n) is 3.91. The number of ether oxygens (including phenoxy) is 1. The average Bonchev–Trinajstić information content (AvgIpc) is 3.10. The third-order valence-corrected chi connectivity index (χ3v) is 4.86. The van der Waals surface area contributed by atoms with Crippen LogP contribution >= 0.6 is 28.5 Å². The van der Waals surface area contributed by atoms with E-state index in [9.17, 15) is 0 Å². The van der Waals surface area contributed by atoms with E-state index in [-0.39, 0.29) is 17.0 Å². The fraction of sp³-hybridized carbons (Fsp3) is 0.300. The van der Waals surface area contributed by atoms with E-state index in [2.05, 4.69) is 28.0 Å².